The van der Waals surface area contributed by atoms with Crippen molar-refractivity contribution in [2.24, 2.45) is 0 Å². The summed E-state index contributed by atoms with van der Waals surface area (Å²) in [6.07, 6.45) is 1.02. The number of hydrogen-bond donors (Lipinski definition) is 1. The highest BCUT2D eigenvalue weighted by Gasteiger charge is 2.51. The molecule has 2 aliphatic rings. The van der Waals surface area contributed by atoms with Crippen molar-refractivity contribution in [2.75, 3.05) is 13.1 Å². The van der Waals surface area contributed by atoms with Crippen LogP contribution in [0.3, 0.4) is 0 Å². The van der Waals surface area contributed by atoms with Gasteiger partial charge < -0.3 is 14.3 Å². The van der Waals surface area contributed by atoms with Crippen molar-refractivity contribution in [2.45, 2.75) is 58.8 Å². The second-order valence-electron chi connectivity index (χ2n) is 8.34. The van der Waals surface area contributed by atoms with Gasteiger partial charge in [0, 0.05) is 25.1 Å². The van der Waals surface area contributed by atoms with Gasteiger partial charge in [-0.05, 0) is 39.7 Å². The maximum atomic E-state index is 6.13. The molecule has 0 aliphatic carbocycles. The van der Waals surface area contributed by atoms with Crippen LogP contribution in [0, 0.1) is 0 Å². The molecule has 26 heavy (non-hydrogen) atoms. The Hall–Kier alpha value is -1.63. The van der Waals surface area contributed by atoms with Gasteiger partial charge in [-0.25, -0.2) is 4.98 Å². The summed E-state index contributed by atoms with van der Waals surface area (Å²) >= 11 is 0. The van der Waals surface area contributed by atoms with Gasteiger partial charge in [-0.3, -0.25) is 4.90 Å². The van der Waals surface area contributed by atoms with E-state index in [1.54, 1.807) is 0 Å². The van der Waals surface area contributed by atoms with Gasteiger partial charge in [-0.2, -0.15) is 0 Å². The van der Waals surface area contributed by atoms with E-state index >= 15 is 0 Å². The minimum atomic E-state index is -0.322. The standard InChI is InChI=1S/C20H28BN3O2/c1-6-24-12-11-16-17(13-24)23-18(22-16)14-7-9-15(10-8-14)21-25-19(2,3)20(4,5)26-21/h7-10H,6,11-13H2,1-5H3,(H,22,23). The molecule has 0 unspecified atom stereocenters. The number of imidazole rings is 1. The third-order valence-electron chi connectivity index (χ3n) is 6.07. The van der Waals surface area contributed by atoms with E-state index in [0.717, 1.165) is 42.9 Å². The largest absolute Gasteiger partial charge is 0.494 e. The Morgan fingerprint density at radius 1 is 1.12 bits per heavy atom. The normalized spacial score (nSPS) is 21.8. The number of hydrogen-bond acceptors (Lipinski definition) is 4. The van der Waals surface area contributed by atoms with Crippen LogP contribution in [0.25, 0.3) is 11.4 Å². The molecule has 1 aromatic carbocycles. The van der Waals surface area contributed by atoms with Crippen molar-refractivity contribution in [3.63, 3.8) is 0 Å². The molecule has 0 amide bonds. The molecule has 5 nitrogen and oxygen atoms in total. The molecular weight excluding hydrogens is 325 g/mol. The van der Waals surface area contributed by atoms with Crippen LogP contribution in [0.15, 0.2) is 24.3 Å². The van der Waals surface area contributed by atoms with Gasteiger partial charge in [0.05, 0.1) is 22.6 Å². The van der Waals surface area contributed by atoms with Gasteiger partial charge in [-0.1, -0.05) is 31.2 Å². The Bertz CT molecular complexity index is 782. The monoisotopic (exact) mass is 353 g/mol. The van der Waals surface area contributed by atoms with Crippen LogP contribution in [-0.4, -0.2) is 46.3 Å². The minimum absolute atomic E-state index is 0.318. The molecule has 0 spiro atoms. The summed E-state index contributed by atoms with van der Waals surface area (Å²) in [6, 6.07) is 8.36. The molecule has 2 aliphatic heterocycles. The first kappa shape index (κ1) is 17.8. The van der Waals surface area contributed by atoms with E-state index in [-0.39, 0.29) is 18.3 Å². The summed E-state index contributed by atoms with van der Waals surface area (Å²) in [5.74, 6) is 0.952. The lowest BCUT2D eigenvalue weighted by Gasteiger charge is -2.32. The summed E-state index contributed by atoms with van der Waals surface area (Å²) in [5, 5.41) is 0. The third kappa shape index (κ3) is 3.00. The smallest absolute Gasteiger partial charge is 0.399 e. The molecule has 0 saturated carbocycles. The van der Waals surface area contributed by atoms with Crippen molar-refractivity contribution in [1.82, 2.24) is 14.9 Å². The molecular formula is C20H28BN3O2. The van der Waals surface area contributed by atoms with Crippen molar-refractivity contribution in [3.8, 4) is 11.4 Å². The van der Waals surface area contributed by atoms with E-state index in [0.29, 0.717) is 0 Å². The Morgan fingerprint density at radius 2 is 1.77 bits per heavy atom. The molecule has 6 heteroatoms. The summed E-state index contributed by atoms with van der Waals surface area (Å²) < 4.78 is 12.3. The fourth-order valence-electron chi connectivity index (χ4n) is 3.53. The molecule has 4 rings (SSSR count). The molecule has 1 fully saturated rings. The maximum Gasteiger partial charge on any atom is 0.494 e. The number of aromatic nitrogens is 2. The van der Waals surface area contributed by atoms with Crippen LogP contribution in [0.1, 0.15) is 46.0 Å². The molecule has 1 saturated heterocycles. The van der Waals surface area contributed by atoms with Crippen LogP contribution >= 0.6 is 0 Å². The van der Waals surface area contributed by atoms with Crippen LogP contribution in [0.2, 0.25) is 0 Å². The van der Waals surface area contributed by atoms with E-state index in [9.17, 15) is 0 Å². The van der Waals surface area contributed by atoms with Crippen LogP contribution in [0.5, 0.6) is 0 Å². The number of benzene rings is 1. The number of aromatic amines is 1. The van der Waals surface area contributed by atoms with E-state index in [4.69, 9.17) is 14.3 Å². The molecule has 138 valence electrons. The number of fused-ring (bicyclic) bond motifs is 1. The molecule has 0 atom stereocenters. The number of H-pyrrole nitrogens is 1. The summed E-state index contributed by atoms with van der Waals surface area (Å²) in [5.41, 5.74) is 3.97. The average Bonchev–Trinajstić information content (AvgIpc) is 3.12. The van der Waals surface area contributed by atoms with Gasteiger partial charge >= 0.3 is 7.12 Å². The Morgan fingerprint density at radius 3 is 2.38 bits per heavy atom. The minimum Gasteiger partial charge on any atom is -0.399 e. The Kier molecular flexibility index (Phi) is 4.25. The quantitative estimate of drug-likeness (QED) is 0.863. The lowest BCUT2D eigenvalue weighted by molar-refractivity contribution is 0.00578. The highest BCUT2D eigenvalue weighted by atomic mass is 16.7. The third-order valence-corrected chi connectivity index (χ3v) is 6.07. The van der Waals surface area contributed by atoms with E-state index in [2.05, 4.69) is 68.8 Å². The zero-order valence-corrected chi connectivity index (χ0v) is 16.4. The van der Waals surface area contributed by atoms with E-state index in [1.807, 2.05) is 0 Å². The molecule has 2 aromatic rings. The van der Waals surface area contributed by atoms with Crippen LogP contribution in [-0.2, 0) is 22.3 Å². The van der Waals surface area contributed by atoms with Crippen molar-refractivity contribution >= 4 is 12.6 Å². The molecule has 1 N–H and O–H groups in total. The first-order chi connectivity index (χ1) is 12.3. The number of nitrogens with one attached hydrogen (secondary N) is 1. The predicted molar refractivity (Wildman–Crippen MR) is 104 cm³/mol. The summed E-state index contributed by atoms with van der Waals surface area (Å²) in [6.45, 7) is 13.7. The number of nitrogens with zero attached hydrogens (tertiary/aromatic N) is 2. The average molecular weight is 353 g/mol. The number of likely N-dealkylation sites (N-methyl/N-ethyl adjacent to an activating group) is 1. The van der Waals surface area contributed by atoms with E-state index in [1.165, 1.54) is 11.4 Å². The van der Waals surface area contributed by atoms with Crippen molar-refractivity contribution in [1.29, 1.82) is 0 Å². The van der Waals surface area contributed by atoms with Crippen LogP contribution in [0.4, 0.5) is 0 Å². The Balaban J connectivity index is 1.53. The molecule has 1 aromatic heterocycles. The van der Waals surface area contributed by atoms with Gasteiger partial charge in [0.2, 0.25) is 0 Å². The van der Waals surface area contributed by atoms with Gasteiger partial charge in [0.25, 0.3) is 0 Å². The SMILES string of the molecule is CCN1CCc2nc(-c3ccc(B4OC(C)(C)C(C)(C)O4)cc3)[nH]c2C1. The van der Waals surface area contributed by atoms with Gasteiger partial charge in [0.1, 0.15) is 5.82 Å². The second kappa shape index (κ2) is 6.22. The maximum absolute atomic E-state index is 6.13. The number of rotatable bonds is 3. The van der Waals surface area contributed by atoms with Crippen molar-refractivity contribution in [3.05, 3.63) is 35.7 Å². The highest BCUT2D eigenvalue weighted by Crippen LogP contribution is 2.36. The highest BCUT2D eigenvalue weighted by molar-refractivity contribution is 6.62. The topological polar surface area (TPSA) is 50.4 Å². The van der Waals surface area contributed by atoms with Gasteiger partial charge in [0.15, 0.2) is 0 Å². The lowest BCUT2D eigenvalue weighted by atomic mass is 9.79. The van der Waals surface area contributed by atoms with Crippen LogP contribution < -0.4 is 5.46 Å². The molecule has 0 radical (unpaired) electrons. The zero-order chi connectivity index (χ0) is 18.5. The zero-order valence-electron chi connectivity index (χ0n) is 16.4. The summed E-state index contributed by atoms with van der Waals surface area (Å²) in [7, 11) is -0.322. The first-order valence-corrected chi connectivity index (χ1v) is 9.55. The molecule has 0 bridgehead atoms. The lowest BCUT2D eigenvalue weighted by Crippen LogP contribution is -2.41. The summed E-state index contributed by atoms with van der Waals surface area (Å²) in [4.78, 5) is 10.8. The molecule has 3 heterocycles. The second-order valence-corrected chi connectivity index (χ2v) is 8.34. The Labute approximate surface area is 156 Å². The van der Waals surface area contributed by atoms with Gasteiger partial charge in [-0.15, -0.1) is 0 Å². The van der Waals surface area contributed by atoms with Crippen molar-refractivity contribution < 1.29 is 9.31 Å². The fourth-order valence-corrected chi connectivity index (χ4v) is 3.53. The van der Waals surface area contributed by atoms with E-state index < -0.39 is 0 Å². The first-order valence-electron chi connectivity index (χ1n) is 9.55. The fraction of sp³-hybridized carbons (Fsp3) is 0.550. The predicted octanol–water partition coefficient (Wildman–Crippen LogP) is 2.75.